The van der Waals surface area contributed by atoms with Gasteiger partial charge < -0.3 is 14.3 Å². The fourth-order valence-electron chi connectivity index (χ4n) is 1.91. The molecular formula is C15H12N2O3. The molecule has 2 aromatic carbocycles. The van der Waals surface area contributed by atoms with Gasteiger partial charge in [0.05, 0.1) is 12.7 Å². The van der Waals surface area contributed by atoms with Crippen LogP contribution >= 0.6 is 0 Å². The molecule has 5 heteroatoms. The molecule has 0 aliphatic heterocycles. The van der Waals surface area contributed by atoms with Gasteiger partial charge in [0.2, 0.25) is 5.89 Å². The summed E-state index contributed by atoms with van der Waals surface area (Å²) in [6.45, 7) is 0. The number of ether oxygens (including phenoxy) is 1. The highest BCUT2D eigenvalue weighted by atomic mass is 16.5. The van der Waals surface area contributed by atoms with E-state index in [1.807, 2.05) is 24.3 Å². The molecule has 0 aliphatic carbocycles. The van der Waals surface area contributed by atoms with Crippen molar-refractivity contribution in [2.75, 3.05) is 7.11 Å². The average molecular weight is 268 g/mol. The van der Waals surface area contributed by atoms with Crippen molar-refractivity contribution < 1.29 is 14.3 Å². The first-order valence-corrected chi connectivity index (χ1v) is 6.04. The first kappa shape index (κ1) is 12.2. The van der Waals surface area contributed by atoms with Crippen LogP contribution in [0.2, 0.25) is 0 Å². The Morgan fingerprint density at radius 2 is 1.80 bits per heavy atom. The predicted molar refractivity (Wildman–Crippen MR) is 73.4 cm³/mol. The van der Waals surface area contributed by atoms with Crippen LogP contribution in [0.1, 0.15) is 0 Å². The molecule has 100 valence electrons. The number of hydrogen-bond acceptors (Lipinski definition) is 5. The van der Waals surface area contributed by atoms with Gasteiger partial charge in [0, 0.05) is 5.56 Å². The summed E-state index contributed by atoms with van der Waals surface area (Å²) in [5.74, 6) is 1.54. The summed E-state index contributed by atoms with van der Waals surface area (Å²) in [4.78, 5) is 0. The first-order valence-electron chi connectivity index (χ1n) is 6.04. The monoisotopic (exact) mass is 268 g/mol. The summed E-state index contributed by atoms with van der Waals surface area (Å²) in [5, 5.41) is 17.5. The number of aromatic hydroxyl groups is 1. The first-order chi connectivity index (χ1) is 9.78. The highest BCUT2D eigenvalue weighted by Crippen LogP contribution is 2.31. The zero-order chi connectivity index (χ0) is 13.9. The van der Waals surface area contributed by atoms with E-state index in [0.717, 1.165) is 5.56 Å². The SMILES string of the molecule is COc1ccccc1-c1nnc(-c2cccc(O)c2)o1. The number of para-hydroxylation sites is 1. The van der Waals surface area contributed by atoms with Crippen LogP contribution in [0.15, 0.2) is 52.9 Å². The lowest BCUT2D eigenvalue weighted by molar-refractivity contribution is 0.414. The van der Waals surface area contributed by atoms with Gasteiger partial charge >= 0.3 is 0 Å². The smallest absolute Gasteiger partial charge is 0.251 e. The van der Waals surface area contributed by atoms with Gasteiger partial charge in [-0.15, -0.1) is 10.2 Å². The quantitative estimate of drug-likeness (QED) is 0.790. The van der Waals surface area contributed by atoms with E-state index in [-0.39, 0.29) is 5.75 Å². The highest BCUT2D eigenvalue weighted by molar-refractivity contribution is 5.64. The van der Waals surface area contributed by atoms with Crippen LogP contribution in [-0.4, -0.2) is 22.4 Å². The molecule has 1 N–H and O–H groups in total. The van der Waals surface area contributed by atoms with Gasteiger partial charge in [0.1, 0.15) is 11.5 Å². The second kappa shape index (κ2) is 5.05. The van der Waals surface area contributed by atoms with Crippen LogP contribution in [0.3, 0.4) is 0 Å². The Morgan fingerprint density at radius 3 is 2.60 bits per heavy atom. The van der Waals surface area contributed by atoms with Gasteiger partial charge in [-0.25, -0.2) is 0 Å². The van der Waals surface area contributed by atoms with Gasteiger partial charge in [0.25, 0.3) is 5.89 Å². The van der Waals surface area contributed by atoms with Crippen molar-refractivity contribution in [1.82, 2.24) is 10.2 Å². The number of hydrogen-bond donors (Lipinski definition) is 1. The summed E-state index contributed by atoms with van der Waals surface area (Å²) >= 11 is 0. The highest BCUT2D eigenvalue weighted by Gasteiger charge is 2.14. The Balaban J connectivity index is 2.02. The summed E-state index contributed by atoms with van der Waals surface area (Å²) in [6.07, 6.45) is 0. The van der Waals surface area contributed by atoms with E-state index < -0.39 is 0 Å². The van der Waals surface area contributed by atoms with Crippen molar-refractivity contribution in [2.24, 2.45) is 0 Å². The molecule has 0 aliphatic rings. The van der Waals surface area contributed by atoms with Crippen LogP contribution < -0.4 is 4.74 Å². The molecule has 20 heavy (non-hydrogen) atoms. The van der Waals surface area contributed by atoms with Gasteiger partial charge in [-0.05, 0) is 30.3 Å². The second-order valence-electron chi connectivity index (χ2n) is 4.16. The Hall–Kier alpha value is -2.82. The Kier molecular flexibility index (Phi) is 3.09. The topological polar surface area (TPSA) is 68.4 Å². The van der Waals surface area contributed by atoms with Crippen LogP contribution in [0, 0.1) is 0 Å². The third-order valence-electron chi connectivity index (χ3n) is 2.86. The van der Waals surface area contributed by atoms with E-state index in [1.54, 1.807) is 31.4 Å². The van der Waals surface area contributed by atoms with Gasteiger partial charge in [0.15, 0.2) is 0 Å². The number of phenolic OH excluding ortho intramolecular Hbond substituents is 1. The molecular weight excluding hydrogens is 256 g/mol. The number of aromatic nitrogens is 2. The number of benzene rings is 2. The Labute approximate surface area is 115 Å². The number of rotatable bonds is 3. The van der Waals surface area contributed by atoms with E-state index >= 15 is 0 Å². The molecule has 3 rings (SSSR count). The predicted octanol–water partition coefficient (Wildman–Crippen LogP) is 3.12. The van der Waals surface area contributed by atoms with Crippen molar-refractivity contribution in [2.45, 2.75) is 0 Å². The van der Waals surface area contributed by atoms with Crippen LogP contribution in [-0.2, 0) is 0 Å². The lowest BCUT2D eigenvalue weighted by Gasteiger charge is -2.03. The van der Waals surface area contributed by atoms with Crippen molar-refractivity contribution in [3.05, 3.63) is 48.5 Å². The minimum absolute atomic E-state index is 0.152. The number of methoxy groups -OCH3 is 1. The molecule has 0 atom stereocenters. The zero-order valence-electron chi connectivity index (χ0n) is 10.8. The van der Waals surface area contributed by atoms with Gasteiger partial charge in [-0.2, -0.15) is 0 Å². The molecule has 1 aromatic heterocycles. The minimum Gasteiger partial charge on any atom is -0.508 e. The normalized spacial score (nSPS) is 10.4. The molecule has 0 fully saturated rings. The van der Waals surface area contributed by atoms with Crippen molar-refractivity contribution in [3.8, 4) is 34.4 Å². The van der Waals surface area contributed by atoms with E-state index in [0.29, 0.717) is 23.1 Å². The number of phenols is 1. The molecule has 0 bridgehead atoms. The lowest BCUT2D eigenvalue weighted by Crippen LogP contribution is -1.87. The van der Waals surface area contributed by atoms with E-state index in [1.165, 1.54) is 0 Å². The maximum Gasteiger partial charge on any atom is 0.251 e. The standard InChI is InChI=1S/C15H12N2O3/c1-19-13-8-3-2-7-12(13)15-17-16-14(20-15)10-5-4-6-11(18)9-10/h2-9,18H,1H3. The molecule has 3 aromatic rings. The molecule has 0 saturated heterocycles. The molecule has 0 amide bonds. The maximum absolute atomic E-state index is 9.47. The summed E-state index contributed by atoms with van der Waals surface area (Å²) < 4.78 is 10.9. The largest absolute Gasteiger partial charge is 0.508 e. The minimum atomic E-state index is 0.152. The number of nitrogens with zero attached hydrogens (tertiary/aromatic N) is 2. The van der Waals surface area contributed by atoms with Gasteiger partial charge in [-0.1, -0.05) is 18.2 Å². The lowest BCUT2D eigenvalue weighted by atomic mass is 10.2. The maximum atomic E-state index is 9.47. The Morgan fingerprint density at radius 1 is 1.00 bits per heavy atom. The van der Waals surface area contributed by atoms with Gasteiger partial charge in [-0.3, -0.25) is 0 Å². The molecule has 0 unspecified atom stereocenters. The van der Waals surface area contributed by atoms with E-state index in [9.17, 15) is 5.11 Å². The third kappa shape index (κ3) is 2.21. The average Bonchev–Trinajstić information content (AvgIpc) is 2.97. The van der Waals surface area contributed by atoms with Crippen molar-refractivity contribution >= 4 is 0 Å². The second-order valence-corrected chi connectivity index (χ2v) is 4.16. The summed E-state index contributed by atoms with van der Waals surface area (Å²) in [6, 6.07) is 14.1. The molecule has 0 saturated carbocycles. The molecule has 0 spiro atoms. The molecule has 1 heterocycles. The molecule has 5 nitrogen and oxygen atoms in total. The van der Waals surface area contributed by atoms with E-state index in [2.05, 4.69) is 10.2 Å². The van der Waals surface area contributed by atoms with Crippen LogP contribution in [0.25, 0.3) is 22.9 Å². The van der Waals surface area contributed by atoms with Crippen LogP contribution in [0.4, 0.5) is 0 Å². The summed E-state index contributed by atoms with van der Waals surface area (Å²) in [5.41, 5.74) is 1.40. The Bertz CT molecular complexity index is 737. The van der Waals surface area contributed by atoms with Crippen molar-refractivity contribution in [1.29, 1.82) is 0 Å². The third-order valence-corrected chi connectivity index (χ3v) is 2.86. The molecule has 0 radical (unpaired) electrons. The fraction of sp³-hybridized carbons (Fsp3) is 0.0667. The van der Waals surface area contributed by atoms with E-state index in [4.69, 9.17) is 9.15 Å². The van der Waals surface area contributed by atoms with Crippen LogP contribution in [0.5, 0.6) is 11.5 Å². The fourth-order valence-corrected chi connectivity index (χ4v) is 1.91. The zero-order valence-corrected chi connectivity index (χ0v) is 10.8. The van der Waals surface area contributed by atoms with Crippen molar-refractivity contribution in [3.63, 3.8) is 0 Å². The summed E-state index contributed by atoms with van der Waals surface area (Å²) in [7, 11) is 1.59.